The third-order valence-corrected chi connectivity index (χ3v) is 3.89. The largest absolute Gasteiger partial charge is 0.479 e. The first kappa shape index (κ1) is 14.5. The molecule has 2 atom stereocenters. The minimum atomic E-state index is -1.11. The highest BCUT2D eigenvalue weighted by atomic mass is 16.5. The van der Waals surface area contributed by atoms with Crippen LogP contribution in [0.4, 0.5) is 0 Å². The average Bonchev–Trinajstić information content (AvgIpc) is 2.21. The van der Waals surface area contributed by atoms with Gasteiger partial charge in [0, 0.05) is 0 Å². The van der Waals surface area contributed by atoms with Crippen LogP contribution in [0.2, 0.25) is 0 Å². The SMILES string of the molecule is CC(O)C(C)OC1(C(=O)O)CCC(C)(C)CC1. The maximum Gasteiger partial charge on any atom is 0.335 e. The molecule has 1 aliphatic rings. The number of aliphatic hydroxyl groups is 1. The van der Waals surface area contributed by atoms with Crippen LogP contribution in [-0.2, 0) is 9.53 Å². The number of hydrogen-bond acceptors (Lipinski definition) is 3. The summed E-state index contributed by atoms with van der Waals surface area (Å²) in [4.78, 5) is 11.4. The first-order valence-corrected chi connectivity index (χ1v) is 6.28. The zero-order valence-electron chi connectivity index (χ0n) is 11.2. The second-order valence-corrected chi connectivity index (χ2v) is 6.03. The van der Waals surface area contributed by atoms with Gasteiger partial charge in [-0.2, -0.15) is 0 Å². The van der Waals surface area contributed by atoms with Gasteiger partial charge in [-0.15, -0.1) is 0 Å². The van der Waals surface area contributed by atoms with Crippen molar-refractivity contribution in [3.05, 3.63) is 0 Å². The highest BCUT2D eigenvalue weighted by molar-refractivity contribution is 5.77. The summed E-state index contributed by atoms with van der Waals surface area (Å²) in [5.41, 5.74) is -0.914. The molecular weight excluding hydrogens is 220 g/mol. The molecule has 0 aliphatic heterocycles. The fraction of sp³-hybridized carbons (Fsp3) is 0.923. The summed E-state index contributed by atoms with van der Waals surface area (Å²) < 4.78 is 5.65. The van der Waals surface area contributed by atoms with Crippen LogP contribution in [0.1, 0.15) is 53.4 Å². The van der Waals surface area contributed by atoms with E-state index in [0.29, 0.717) is 12.8 Å². The molecule has 1 rings (SSSR count). The maximum atomic E-state index is 11.4. The zero-order chi connectivity index (χ0) is 13.3. The van der Waals surface area contributed by atoms with Crippen LogP contribution in [-0.4, -0.2) is 34.0 Å². The van der Waals surface area contributed by atoms with Crippen LogP contribution in [0.15, 0.2) is 0 Å². The van der Waals surface area contributed by atoms with Crippen LogP contribution in [0.25, 0.3) is 0 Å². The van der Waals surface area contributed by atoms with Gasteiger partial charge in [0.25, 0.3) is 0 Å². The summed E-state index contributed by atoms with van der Waals surface area (Å²) in [7, 11) is 0. The predicted octanol–water partition coefficient (Wildman–Crippen LogP) is 2.20. The summed E-state index contributed by atoms with van der Waals surface area (Å²) in [6.45, 7) is 7.63. The molecule has 0 aromatic rings. The molecule has 2 unspecified atom stereocenters. The van der Waals surface area contributed by atoms with Gasteiger partial charge in [-0.05, 0) is 44.9 Å². The number of hydrogen-bond donors (Lipinski definition) is 2. The quantitative estimate of drug-likeness (QED) is 0.795. The third kappa shape index (κ3) is 3.42. The van der Waals surface area contributed by atoms with E-state index in [-0.39, 0.29) is 5.41 Å². The Morgan fingerprint density at radius 3 is 2.00 bits per heavy atom. The number of carboxylic acid groups (broad SMARTS) is 1. The molecule has 0 amide bonds. The molecule has 1 saturated carbocycles. The molecule has 0 aromatic carbocycles. The molecule has 2 N–H and O–H groups in total. The Bertz CT molecular complexity index is 273. The van der Waals surface area contributed by atoms with Crippen LogP contribution in [0.5, 0.6) is 0 Å². The Labute approximate surface area is 103 Å². The lowest BCUT2D eigenvalue weighted by Gasteiger charge is -2.42. The molecule has 1 aliphatic carbocycles. The lowest BCUT2D eigenvalue weighted by Crippen LogP contribution is -2.49. The zero-order valence-corrected chi connectivity index (χ0v) is 11.2. The summed E-state index contributed by atoms with van der Waals surface area (Å²) in [6.07, 6.45) is 1.62. The second-order valence-electron chi connectivity index (χ2n) is 6.03. The van der Waals surface area contributed by atoms with Gasteiger partial charge < -0.3 is 14.9 Å². The molecule has 0 heterocycles. The van der Waals surface area contributed by atoms with Crippen molar-refractivity contribution >= 4 is 5.97 Å². The summed E-state index contributed by atoms with van der Waals surface area (Å²) in [5, 5.41) is 18.8. The Balaban J connectivity index is 2.76. The standard InChI is InChI=1S/C13H24O4/c1-9(14)10(2)17-13(11(15)16)7-5-12(3,4)6-8-13/h9-10,14H,5-8H2,1-4H3,(H,15,16). The molecule has 17 heavy (non-hydrogen) atoms. The van der Waals surface area contributed by atoms with Crippen molar-refractivity contribution in [2.45, 2.75) is 71.2 Å². The Morgan fingerprint density at radius 2 is 1.65 bits per heavy atom. The third-order valence-electron chi connectivity index (χ3n) is 3.89. The van der Waals surface area contributed by atoms with E-state index in [0.717, 1.165) is 12.8 Å². The Kier molecular flexibility index (Phi) is 4.20. The number of carboxylic acids is 1. The van der Waals surface area contributed by atoms with Crippen LogP contribution in [0, 0.1) is 5.41 Å². The summed E-state index contributed by atoms with van der Waals surface area (Å²) >= 11 is 0. The van der Waals surface area contributed by atoms with E-state index in [1.54, 1.807) is 13.8 Å². The topological polar surface area (TPSA) is 66.8 Å². The van der Waals surface area contributed by atoms with E-state index >= 15 is 0 Å². The normalized spacial score (nSPS) is 26.2. The molecule has 4 heteroatoms. The van der Waals surface area contributed by atoms with Crippen LogP contribution >= 0.6 is 0 Å². The van der Waals surface area contributed by atoms with E-state index in [2.05, 4.69) is 13.8 Å². The molecular formula is C13H24O4. The maximum absolute atomic E-state index is 11.4. The molecule has 0 bridgehead atoms. The first-order chi connectivity index (χ1) is 7.68. The highest BCUT2D eigenvalue weighted by Gasteiger charge is 2.46. The average molecular weight is 244 g/mol. The minimum absolute atomic E-state index is 0.191. The van der Waals surface area contributed by atoms with Gasteiger partial charge in [0.15, 0.2) is 5.60 Å². The van der Waals surface area contributed by atoms with E-state index < -0.39 is 23.8 Å². The van der Waals surface area contributed by atoms with Gasteiger partial charge in [-0.3, -0.25) is 0 Å². The number of aliphatic hydroxyl groups excluding tert-OH is 1. The molecule has 1 fully saturated rings. The Hall–Kier alpha value is -0.610. The lowest BCUT2D eigenvalue weighted by molar-refractivity contribution is -0.190. The summed E-state index contributed by atoms with van der Waals surface area (Å²) in [5.74, 6) is -0.902. The number of rotatable bonds is 4. The second kappa shape index (κ2) is 4.94. The fourth-order valence-corrected chi connectivity index (χ4v) is 2.17. The monoisotopic (exact) mass is 244 g/mol. The van der Waals surface area contributed by atoms with Crippen molar-refractivity contribution in [2.24, 2.45) is 5.41 Å². The van der Waals surface area contributed by atoms with Crippen molar-refractivity contribution in [2.75, 3.05) is 0 Å². The highest BCUT2D eigenvalue weighted by Crippen LogP contribution is 2.42. The molecule has 0 saturated heterocycles. The fourth-order valence-electron chi connectivity index (χ4n) is 2.17. The van der Waals surface area contributed by atoms with Gasteiger partial charge in [0.1, 0.15) is 0 Å². The minimum Gasteiger partial charge on any atom is -0.479 e. The van der Waals surface area contributed by atoms with Gasteiger partial charge >= 0.3 is 5.97 Å². The molecule has 0 aromatic heterocycles. The van der Waals surface area contributed by atoms with Gasteiger partial charge in [-0.25, -0.2) is 4.79 Å². The van der Waals surface area contributed by atoms with Crippen molar-refractivity contribution in [3.8, 4) is 0 Å². The van der Waals surface area contributed by atoms with E-state index in [1.807, 2.05) is 0 Å². The van der Waals surface area contributed by atoms with E-state index in [9.17, 15) is 15.0 Å². The smallest absolute Gasteiger partial charge is 0.335 e. The predicted molar refractivity (Wildman–Crippen MR) is 64.8 cm³/mol. The molecule has 0 spiro atoms. The van der Waals surface area contributed by atoms with Crippen molar-refractivity contribution < 1.29 is 19.7 Å². The van der Waals surface area contributed by atoms with Crippen LogP contribution < -0.4 is 0 Å². The molecule has 100 valence electrons. The Morgan fingerprint density at radius 1 is 1.18 bits per heavy atom. The van der Waals surface area contributed by atoms with Gasteiger partial charge in [0.05, 0.1) is 12.2 Å². The number of carbonyl (C=O) groups is 1. The van der Waals surface area contributed by atoms with E-state index in [1.165, 1.54) is 0 Å². The lowest BCUT2D eigenvalue weighted by atomic mass is 9.71. The molecule has 0 radical (unpaired) electrons. The number of aliphatic carboxylic acids is 1. The summed E-state index contributed by atoms with van der Waals surface area (Å²) in [6, 6.07) is 0. The van der Waals surface area contributed by atoms with Crippen LogP contribution in [0.3, 0.4) is 0 Å². The van der Waals surface area contributed by atoms with Gasteiger partial charge in [0.2, 0.25) is 0 Å². The van der Waals surface area contributed by atoms with Crippen molar-refractivity contribution in [3.63, 3.8) is 0 Å². The van der Waals surface area contributed by atoms with Crippen molar-refractivity contribution in [1.82, 2.24) is 0 Å². The van der Waals surface area contributed by atoms with Gasteiger partial charge in [-0.1, -0.05) is 13.8 Å². The van der Waals surface area contributed by atoms with E-state index in [4.69, 9.17) is 4.74 Å². The first-order valence-electron chi connectivity index (χ1n) is 6.28. The number of ether oxygens (including phenoxy) is 1. The van der Waals surface area contributed by atoms with Crippen molar-refractivity contribution in [1.29, 1.82) is 0 Å². The molecule has 4 nitrogen and oxygen atoms in total.